The molecule has 2 unspecified atom stereocenters. The first-order valence-corrected chi connectivity index (χ1v) is 18.9. The molecule has 3 aliphatic heterocycles. The fourth-order valence-electron chi connectivity index (χ4n) is 7.26. The molecule has 6 rings (SSSR count). The van der Waals surface area contributed by atoms with E-state index in [-0.39, 0.29) is 35.1 Å². The van der Waals surface area contributed by atoms with Gasteiger partial charge >= 0.3 is 39.2 Å². The fraction of sp³-hybridized carbons (Fsp3) is 0.500. The zero-order valence-electron chi connectivity index (χ0n) is 29.4. The quantitative estimate of drug-likeness (QED) is 0.153. The SMILES string of the molecule is Cc1ccc(C)c(N2C(=O)c3ccc(C(=O)N4CCC(Cn5cc(CC[NH+]6CCCC(C)(C)C6)nn5)(C(F)(F)F)C4)cc3C2=O)c1.F[P-](F)(F)(F)(F)F. The Kier molecular flexibility index (Phi) is 9.89. The topological polar surface area (TPSA) is 92.8 Å². The van der Waals surface area contributed by atoms with Crippen molar-refractivity contribution in [2.45, 2.75) is 66.1 Å². The van der Waals surface area contributed by atoms with E-state index < -0.39 is 50.2 Å². The zero-order chi connectivity index (χ0) is 39.4. The summed E-state index contributed by atoms with van der Waals surface area (Å²) in [5.74, 6) is -1.69. The number of hydrogen-bond acceptors (Lipinski definition) is 5. The van der Waals surface area contributed by atoms with Crippen LogP contribution in [0.1, 0.15) is 81.0 Å². The van der Waals surface area contributed by atoms with E-state index in [1.165, 1.54) is 39.1 Å². The Morgan fingerprint density at radius 3 is 2.25 bits per heavy atom. The number of carbonyl (C=O) groups is 3. The number of quaternary nitrogens is 1. The summed E-state index contributed by atoms with van der Waals surface area (Å²) in [7, 11) is -10.7. The molecule has 0 radical (unpaired) electrons. The van der Waals surface area contributed by atoms with E-state index in [4.69, 9.17) is 0 Å². The van der Waals surface area contributed by atoms with E-state index in [0.717, 1.165) is 42.1 Å². The number of fused-ring (bicyclic) bond motifs is 1. The summed E-state index contributed by atoms with van der Waals surface area (Å²) in [4.78, 5) is 43.9. The number of carbonyl (C=O) groups excluding carboxylic acids is 3. The molecule has 1 N–H and O–H groups in total. The molecule has 0 saturated carbocycles. The standard InChI is InChI=1S/C34H39F3N6O3.F6P/c1-22-6-7-23(2)28(16-22)43-30(45)26-9-8-24(17-27(26)31(43)46)29(44)41-15-12-33(20-41,34(35,36)37)21-42-18-25(38-39-42)10-14-40-13-5-11-32(3,4)19-40;1-7(2,3,4,5)6/h6-9,16-18H,5,10-15,19-21H2,1-4H3;/q;-1/p+1. The van der Waals surface area contributed by atoms with Gasteiger partial charge in [-0.25, -0.2) is 4.90 Å². The van der Waals surface area contributed by atoms with Crippen LogP contribution in [0.2, 0.25) is 0 Å². The number of aromatic nitrogens is 3. The number of benzene rings is 2. The number of amides is 3. The van der Waals surface area contributed by atoms with Crippen molar-refractivity contribution in [2.24, 2.45) is 10.8 Å². The minimum absolute atomic E-state index is 0.0585. The minimum atomic E-state index is -10.7. The van der Waals surface area contributed by atoms with Gasteiger partial charge in [0.25, 0.3) is 17.7 Å². The number of anilines is 1. The summed E-state index contributed by atoms with van der Waals surface area (Å²) in [6.45, 7) is 10.1. The summed E-state index contributed by atoms with van der Waals surface area (Å²) < 4.78 is 104. The van der Waals surface area contributed by atoms with Gasteiger partial charge in [-0.3, -0.25) is 19.1 Å². The molecule has 0 aliphatic carbocycles. The molecular weight excluding hydrogens is 742 g/mol. The van der Waals surface area contributed by atoms with Crippen LogP contribution in [-0.2, 0) is 13.0 Å². The van der Waals surface area contributed by atoms with E-state index in [2.05, 4.69) is 24.2 Å². The van der Waals surface area contributed by atoms with Gasteiger partial charge < -0.3 is 9.80 Å². The number of aryl methyl sites for hydroxylation is 2. The number of likely N-dealkylation sites (tertiary alicyclic amines) is 2. The summed E-state index contributed by atoms with van der Waals surface area (Å²) in [6.07, 6.45) is -0.295. The van der Waals surface area contributed by atoms with Crippen LogP contribution in [0.15, 0.2) is 42.6 Å². The third kappa shape index (κ3) is 9.93. The van der Waals surface area contributed by atoms with Crippen LogP contribution in [-0.4, -0.2) is 76.5 Å². The Hall–Kier alpha value is -4.05. The molecule has 3 aliphatic rings. The van der Waals surface area contributed by atoms with Gasteiger partial charge in [0.15, 0.2) is 0 Å². The van der Waals surface area contributed by atoms with Crippen LogP contribution < -0.4 is 9.80 Å². The molecule has 2 atom stereocenters. The molecule has 9 nitrogen and oxygen atoms in total. The first-order valence-electron chi connectivity index (χ1n) is 16.9. The zero-order valence-corrected chi connectivity index (χ0v) is 30.3. The Morgan fingerprint density at radius 2 is 1.60 bits per heavy atom. The molecule has 3 amide bonds. The predicted octanol–water partition coefficient (Wildman–Crippen LogP) is 7.42. The van der Waals surface area contributed by atoms with Crippen molar-refractivity contribution in [3.8, 4) is 0 Å². The molecule has 0 spiro atoms. The van der Waals surface area contributed by atoms with Crippen LogP contribution >= 0.6 is 7.81 Å². The third-order valence-corrected chi connectivity index (χ3v) is 9.88. The normalized spacial score (nSPS) is 22.9. The monoisotopic (exact) mass is 782 g/mol. The van der Waals surface area contributed by atoms with Crippen molar-refractivity contribution >= 4 is 31.2 Å². The molecule has 2 fully saturated rings. The van der Waals surface area contributed by atoms with E-state index in [1.807, 2.05) is 19.1 Å². The fourth-order valence-corrected chi connectivity index (χ4v) is 7.26. The maximum absolute atomic E-state index is 14.7. The van der Waals surface area contributed by atoms with Gasteiger partial charge in [-0.15, -0.1) is 5.10 Å². The number of nitrogens with zero attached hydrogens (tertiary/aromatic N) is 5. The molecule has 292 valence electrons. The summed E-state index contributed by atoms with van der Waals surface area (Å²) >= 11 is 0. The molecule has 53 heavy (non-hydrogen) atoms. The number of rotatable bonds is 7. The summed E-state index contributed by atoms with van der Waals surface area (Å²) in [5, 5.41) is 8.20. The second kappa shape index (κ2) is 13.1. The number of imide groups is 1. The van der Waals surface area contributed by atoms with Crippen molar-refractivity contribution < 1.29 is 57.6 Å². The van der Waals surface area contributed by atoms with Crippen molar-refractivity contribution in [3.63, 3.8) is 0 Å². The molecule has 4 heterocycles. The van der Waals surface area contributed by atoms with Crippen molar-refractivity contribution in [1.82, 2.24) is 19.9 Å². The average Bonchev–Trinajstić information content (AvgIpc) is 3.72. The van der Waals surface area contributed by atoms with Gasteiger partial charge in [-0.05, 0) is 68.5 Å². The third-order valence-electron chi connectivity index (χ3n) is 9.88. The summed E-state index contributed by atoms with van der Waals surface area (Å²) in [5.41, 5.74) is 1.09. The van der Waals surface area contributed by atoms with E-state index in [1.54, 1.807) is 19.2 Å². The van der Waals surface area contributed by atoms with Crippen molar-refractivity contribution in [1.29, 1.82) is 0 Å². The first kappa shape index (κ1) is 40.1. The first-order chi connectivity index (χ1) is 24.1. The Morgan fingerprint density at radius 1 is 0.943 bits per heavy atom. The van der Waals surface area contributed by atoms with Gasteiger partial charge in [0, 0.05) is 36.7 Å². The van der Waals surface area contributed by atoms with Crippen LogP contribution in [0.5, 0.6) is 0 Å². The van der Waals surface area contributed by atoms with Gasteiger partial charge in [0.2, 0.25) is 0 Å². The van der Waals surface area contributed by atoms with Crippen molar-refractivity contribution in [2.75, 3.05) is 37.6 Å². The van der Waals surface area contributed by atoms with Gasteiger partial charge in [0.1, 0.15) is 5.41 Å². The van der Waals surface area contributed by atoms with Gasteiger partial charge in [-0.2, -0.15) is 13.2 Å². The van der Waals surface area contributed by atoms with Gasteiger partial charge in [-0.1, -0.05) is 31.2 Å². The molecule has 0 bridgehead atoms. The van der Waals surface area contributed by atoms with Gasteiger partial charge in [0.05, 0.1) is 48.7 Å². The van der Waals surface area contributed by atoms with E-state index >= 15 is 0 Å². The molecular formula is C34H40F9N6O3P. The Bertz CT molecular complexity index is 1920. The Balaban J connectivity index is 0.000000705. The van der Waals surface area contributed by atoms with Crippen molar-refractivity contribution in [3.05, 3.63) is 76.1 Å². The number of piperidine rings is 1. The number of alkyl halides is 3. The Labute approximate surface area is 299 Å². The van der Waals surface area contributed by atoms with Crippen LogP contribution in [0, 0.1) is 24.7 Å². The molecule has 19 heteroatoms. The second-order valence-electron chi connectivity index (χ2n) is 15.1. The van der Waals surface area contributed by atoms with E-state index in [9.17, 15) is 52.7 Å². The molecule has 2 aromatic carbocycles. The second-order valence-corrected chi connectivity index (χ2v) is 17.0. The van der Waals surface area contributed by atoms with Crippen LogP contribution in [0.3, 0.4) is 0 Å². The summed E-state index contributed by atoms with van der Waals surface area (Å²) in [6, 6.07) is 9.58. The maximum atomic E-state index is 14.7. The number of nitrogens with one attached hydrogen (secondary N) is 1. The number of halogens is 9. The number of hydrogen-bond donors (Lipinski definition) is 1. The van der Waals surface area contributed by atoms with E-state index in [0.29, 0.717) is 17.8 Å². The van der Waals surface area contributed by atoms with Crippen LogP contribution in [0.25, 0.3) is 0 Å². The molecule has 3 aromatic rings. The average molecular weight is 783 g/mol. The predicted molar refractivity (Wildman–Crippen MR) is 178 cm³/mol. The molecule has 1 aromatic heterocycles. The van der Waals surface area contributed by atoms with Crippen LogP contribution in [0.4, 0.5) is 44.0 Å². The molecule has 2 saturated heterocycles.